The number of carbonyl (C=O) groups is 3. The molecule has 2 amide bonds. The number of hydrogen-bond acceptors (Lipinski definition) is 7. The van der Waals surface area contributed by atoms with E-state index in [2.05, 4.69) is 12.4 Å². The molecule has 0 aromatic carbocycles. The van der Waals surface area contributed by atoms with Gasteiger partial charge in [-0.05, 0) is 13.3 Å². The molecule has 0 aromatic rings. The topological polar surface area (TPSA) is 130 Å². The first-order valence-electron chi connectivity index (χ1n) is 12.2. The van der Waals surface area contributed by atoms with Gasteiger partial charge >= 0.3 is 5.97 Å². The molecular weight excluding hydrogens is 460 g/mol. The summed E-state index contributed by atoms with van der Waals surface area (Å²) in [4.78, 5) is 41.7. The number of carbonyl (C=O) groups excluding carboxylic acids is 2. The van der Waals surface area contributed by atoms with E-state index in [0.29, 0.717) is 37.5 Å². The van der Waals surface area contributed by atoms with Gasteiger partial charge in [0.25, 0.3) is 0 Å². The molecule has 4 rings (SSSR count). The van der Waals surface area contributed by atoms with Gasteiger partial charge in [-0.25, -0.2) is 4.79 Å². The molecule has 4 aliphatic rings. The van der Waals surface area contributed by atoms with E-state index in [4.69, 9.17) is 0 Å². The minimum atomic E-state index is -1.12. The SMILES string of the molecule is C[C@@H](O)[C@H]1C(=O)N2C(C(=O)O)=C(S[C@@H]3CN[C@H](C(=O)N4CCC[N+](C)(CCO)CC4)C3)[C@H](C)[C@H]12. The molecule has 4 N–H and O–H groups in total. The van der Waals surface area contributed by atoms with Crippen molar-refractivity contribution >= 4 is 29.5 Å². The molecule has 0 aromatic heterocycles. The van der Waals surface area contributed by atoms with Crippen molar-refractivity contribution in [3.8, 4) is 0 Å². The highest BCUT2D eigenvalue weighted by Crippen LogP contribution is 2.51. The van der Waals surface area contributed by atoms with Gasteiger partial charge in [-0.15, -0.1) is 11.8 Å². The lowest BCUT2D eigenvalue weighted by molar-refractivity contribution is -0.907. The van der Waals surface area contributed by atoms with Crippen molar-refractivity contribution in [3.05, 3.63) is 10.6 Å². The van der Waals surface area contributed by atoms with Gasteiger partial charge in [-0.1, -0.05) is 6.92 Å². The minimum absolute atomic E-state index is 0.0296. The smallest absolute Gasteiger partial charge is 0.353 e. The van der Waals surface area contributed by atoms with Gasteiger partial charge in [-0.3, -0.25) is 9.59 Å². The fraction of sp³-hybridized carbons (Fsp3) is 0.783. The van der Waals surface area contributed by atoms with E-state index in [9.17, 15) is 29.7 Å². The molecule has 3 fully saturated rings. The molecule has 7 atom stereocenters. The summed E-state index contributed by atoms with van der Waals surface area (Å²) in [5, 5.41) is 32.6. The third-order valence-electron chi connectivity index (χ3n) is 7.98. The lowest BCUT2D eigenvalue weighted by Gasteiger charge is -2.46. The van der Waals surface area contributed by atoms with Crippen molar-refractivity contribution in [1.82, 2.24) is 15.1 Å². The largest absolute Gasteiger partial charge is 0.477 e. The third-order valence-corrected chi connectivity index (χ3v) is 9.49. The monoisotopic (exact) mass is 497 g/mol. The van der Waals surface area contributed by atoms with Crippen LogP contribution in [0.15, 0.2) is 10.6 Å². The molecule has 0 radical (unpaired) electrons. The van der Waals surface area contributed by atoms with Crippen molar-refractivity contribution in [2.45, 2.75) is 50.1 Å². The maximum atomic E-state index is 13.2. The first kappa shape index (κ1) is 25.4. The number of aliphatic hydroxyl groups is 2. The van der Waals surface area contributed by atoms with Crippen molar-refractivity contribution < 1.29 is 34.2 Å². The number of hydrogen-bond donors (Lipinski definition) is 4. The quantitative estimate of drug-likeness (QED) is 0.268. The van der Waals surface area contributed by atoms with Gasteiger partial charge in [-0.2, -0.15) is 0 Å². The number of aliphatic carboxylic acids is 1. The predicted molar refractivity (Wildman–Crippen MR) is 126 cm³/mol. The van der Waals surface area contributed by atoms with Crippen LogP contribution in [0.25, 0.3) is 0 Å². The number of quaternary nitrogens is 1. The van der Waals surface area contributed by atoms with Crippen LogP contribution in [-0.4, -0.2) is 124 Å². The van der Waals surface area contributed by atoms with Crippen molar-refractivity contribution in [2.75, 3.05) is 52.9 Å². The molecule has 4 aliphatic heterocycles. The first-order chi connectivity index (χ1) is 16.1. The molecule has 1 unspecified atom stereocenters. The van der Waals surface area contributed by atoms with E-state index >= 15 is 0 Å². The van der Waals surface area contributed by atoms with Crippen LogP contribution in [0.4, 0.5) is 0 Å². The van der Waals surface area contributed by atoms with Gasteiger partial charge in [0, 0.05) is 35.6 Å². The van der Waals surface area contributed by atoms with Crippen LogP contribution < -0.4 is 5.32 Å². The summed E-state index contributed by atoms with van der Waals surface area (Å²) < 4.78 is 0.769. The Hall–Kier alpha value is -1.66. The first-order valence-corrected chi connectivity index (χ1v) is 13.1. The molecule has 0 spiro atoms. The van der Waals surface area contributed by atoms with Gasteiger partial charge < -0.3 is 34.9 Å². The maximum Gasteiger partial charge on any atom is 0.353 e. The van der Waals surface area contributed by atoms with E-state index in [1.807, 2.05) is 11.8 Å². The zero-order valence-corrected chi connectivity index (χ0v) is 21.0. The van der Waals surface area contributed by atoms with Gasteiger partial charge in [0.05, 0.1) is 57.4 Å². The second-order valence-electron chi connectivity index (χ2n) is 10.4. The van der Waals surface area contributed by atoms with Crippen LogP contribution in [0.5, 0.6) is 0 Å². The van der Waals surface area contributed by atoms with Crippen molar-refractivity contribution in [1.29, 1.82) is 0 Å². The Kier molecular flexibility index (Phi) is 7.31. The van der Waals surface area contributed by atoms with Crippen LogP contribution in [0.2, 0.25) is 0 Å². The molecular formula is C23H37N4O6S+. The Balaban J connectivity index is 1.40. The average Bonchev–Trinajstić information content (AvgIpc) is 3.25. The fourth-order valence-corrected chi connectivity index (χ4v) is 7.45. The Morgan fingerprint density at radius 2 is 2.03 bits per heavy atom. The van der Waals surface area contributed by atoms with Crippen molar-refractivity contribution in [3.63, 3.8) is 0 Å². The summed E-state index contributed by atoms with van der Waals surface area (Å²) in [5.41, 5.74) is 0.0348. The highest BCUT2D eigenvalue weighted by Gasteiger charge is 2.60. The summed E-state index contributed by atoms with van der Waals surface area (Å²) in [6.07, 6.45) is 0.678. The molecule has 0 bridgehead atoms. The molecule has 3 saturated heterocycles. The molecule has 0 aliphatic carbocycles. The van der Waals surface area contributed by atoms with Crippen LogP contribution >= 0.6 is 11.8 Å². The number of amides is 2. The summed E-state index contributed by atoms with van der Waals surface area (Å²) >= 11 is 1.46. The fourth-order valence-electron chi connectivity index (χ4n) is 5.97. The highest BCUT2D eigenvalue weighted by atomic mass is 32.2. The summed E-state index contributed by atoms with van der Waals surface area (Å²) in [6, 6.07) is -0.627. The minimum Gasteiger partial charge on any atom is -0.477 e. The number of likely N-dealkylation sites (N-methyl/N-ethyl adjacent to an activating group) is 1. The zero-order valence-electron chi connectivity index (χ0n) is 20.1. The number of carboxylic acids is 1. The molecule has 10 nitrogen and oxygen atoms in total. The van der Waals surface area contributed by atoms with Gasteiger partial charge in [0.1, 0.15) is 12.2 Å². The number of thioether (sulfide) groups is 1. The summed E-state index contributed by atoms with van der Waals surface area (Å²) in [6.45, 7) is 8.04. The van der Waals surface area contributed by atoms with E-state index in [1.54, 1.807) is 6.92 Å². The lowest BCUT2D eigenvalue weighted by atomic mass is 9.79. The summed E-state index contributed by atoms with van der Waals surface area (Å²) in [5.74, 6) is -2.11. The lowest BCUT2D eigenvalue weighted by Crippen LogP contribution is -2.63. The number of carboxylic acid groups (broad SMARTS) is 1. The second-order valence-corrected chi connectivity index (χ2v) is 11.7. The number of nitrogens with one attached hydrogen (secondary N) is 1. The maximum absolute atomic E-state index is 13.2. The van der Waals surface area contributed by atoms with Crippen LogP contribution in [0, 0.1) is 11.8 Å². The molecule has 190 valence electrons. The standard InChI is InChI=1S/C23H36N4O6S/c1-13-18-17(14(2)29)22(31)26(18)19(23(32)33)20(13)34-15-11-16(24-12-15)21(30)25-5-4-7-27(3,8-6-25)9-10-28/h13-18,24,28-29H,4-12H2,1-3H3/p+1/t13-,14-,15+,16+,17-,18-,27?/m1/s1. The van der Waals surface area contributed by atoms with Crippen molar-refractivity contribution in [2.24, 2.45) is 11.8 Å². The van der Waals surface area contributed by atoms with Crippen LogP contribution in [0.3, 0.4) is 0 Å². The number of aliphatic hydroxyl groups excluding tert-OH is 2. The van der Waals surface area contributed by atoms with Gasteiger partial charge in [0.2, 0.25) is 11.8 Å². The zero-order chi connectivity index (χ0) is 24.8. The van der Waals surface area contributed by atoms with E-state index in [1.165, 1.54) is 16.7 Å². The number of rotatable bonds is 7. The molecule has 34 heavy (non-hydrogen) atoms. The molecule has 4 heterocycles. The van der Waals surface area contributed by atoms with Gasteiger partial charge in [0.15, 0.2) is 0 Å². The Morgan fingerprint density at radius 1 is 1.29 bits per heavy atom. The number of β-lactam (4-membered cyclic amide) rings is 1. The van der Waals surface area contributed by atoms with E-state index in [-0.39, 0.29) is 47.4 Å². The Bertz CT molecular complexity index is 882. The van der Waals surface area contributed by atoms with Crippen LogP contribution in [0.1, 0.15) is 26.7 Å². The van der Waals surface area contributed by atoms with E-state index < -0.39 is 18.0 Å². The number of nitrogens with zero attached hydrogens (tertiary/aromatic N) is 3. The predicted octanol–water partition coefficient (Wildman–Crippen LogP) is -0.725. The summed E-state index contributed by atoms with van der Waals surface area (Å²) in [7, 11) is 2.12. The second kappa shape index (κ2) is 9.77. The number of fused-ring (bicyclic) bond motifs is 1. The Labute approximate surface area is 204 Å². The van der Waals surface area contributed by atoms with E-state index in [0.717, 1.165) is 24.0 Å². The third kappa shape index (κ3) is 4.48. The Morgan fingerprint density at radius 3 is 2.68 bits per heavy atom. The normalized spacial score (nSPS) is 36.9. The van der Waals surface area contributed by atoms with Crippen LogP contribution in [-0.2, 0) is 14.4 Å². The molecule has 0 saturated carbocycles. The average molecular weight is 498 g/mol. The molecule has 11 heteroatoms. The highest BCUT2D eigenvalue weighted by molar-refractivity contribution is 8.03.